The van der Waals surface area contributed by atoms with Crippen molar-refractivity contribution in [3.05, 3.63) is 24.0 Å². The summed E-state index contributed by atoms with van der Waals surface area (Å²) >= 11 is 1.60. The summed E-state index contributed by atoms with van der Waals surface area (Å²) < 4.78 is 48.4. The van der Waals surface area contributed by atoms with Crippen molar-refractivity contribution in [2.24, 2.45) is 10.9 Å². The van der Waals surface area contributed by atoms with Crippen LogP contribution in [0.5, 0.6) is 5.75 Å². The molecule has 0 bridgehead atoms. The molecule has 0 aliphatic carbocycles. The monoisotopic (exact) mass is 514 g/mol. The minimum atomic E-state index is -3.57. The highest BCUT2D eigenvalue weighted by Crippen LogP contribution is 2.31. The second-order valence-electron chi connectivity index (χ2n) is 9.82. The number of aliphatic hydroxyl groups is 1. The summed E-state index contributed by atoms with van der Waals surface area (Å²) in [6.45, 7) is 9.84. The predicted molar refractivity (Wildman–Crippen MR) is 132 cm³/mol. The number of rotatable bonds is 6. The highest BCUT2D eigenvalue weighted by molar-refractivity contribution is 8.12. The molecule has 0 radical (unpaired) electrons. The van der Waals surface area contributed by atoms with Crippen LogP contribution in [0.2, 0.25) is 0 Å². The molecular weight excluding hydrogens is 479 g/mol. The van der Waals surface area contributed by atoms with Gasteiger partial charge in [0.1, 0.15) is 18.5 Å². The molecule has 4 rings (SSSR count). The number of benzene rings is 1. The lowest BCUT2D eigenvalue weighted by Crippen LogP contribution is -2.49. The minimum absolute atomic E-state index is 0.0353. The van der Waals surface area contributed by atoms with E-state index in [-0.39, 0.29) is 22.9 Å². The molecule has 0 aromatic heterocycles. The molecule has 11 heteroatoms. The summed E-state index contributed by atoms with van der Waals surface area (Å²) in [5, 5.41) is 11.3. The lowest BCUT2D eigenvalue weighted by molar-refractivity contribution is -0.0529. The van der Waals surface area contributed by atoms with Gasteiger partial charge in [-0.1, -0.05) is 13.8 Å². The SMILES string of the molecule is CC(C)C1N=C(N2CCC(N3CCC(Oc4ccc(S(=O)(=O)C(C)C)cc4F)C3O)CC2)SN1. The van der Waals surface area contributed by atoms with E-state index in [4.69, 9.17) is 9.73 Å². The fourth-order valence-electron chi connectivity index (χ4n) is 4.58. The molecular formula is C23H35FN4O4S2. The summed E-state index contributed by atoms with van der Waals surface area (Å²) in [4.78, 5) is 9.08. The second-order valence-corrected chi connectivity index (χ2v) is 13.1. The van der Waals surface area contributed by atoms with Gasteiger partial charge in [0.15, 0.2) is 26.6 Å². The number of halogens is 1. The Morgan fingerprint density at radius 2 is 1.88 bits per heavy atom. The van der Waals surface area contributed by atoms with Crippen LogP contribution in [0, 0.1) is 11.7 Å². The smallest absolute Gasteiger partial charge is 0.180 e. The molecule has 8 nitrogen and oxygen atoms in total. The van der Waals surface area contributed by atoms with Gasteiger partial charge in [-0.15, -0.1) is 0 Å². The molecule has 0 saturated carbocycles. The maximum absolute atomic E-state index is 14.6. The number of nitrogens with zero attached hydrogens (tertiary/aromatic N) is 3. The molecule has 34 heavy (non-hydrogen) atoms. The van der Waals surface area contributed by atoms with E-state index in [0.717, 1.165) is 37.2 Å². The lowest BCUT2D eigenvalue weighted by Gasteiger charge is -2.38. The number of hydrogen-bond acceptors (Lipinski definition) is 9. The van der Waals surface area contributed by atoms with Crippen molar-refractivity contribution in [1.82, 2.24) is 14.5 Å². The summed E-state index contributed by atoms with van der Waals surface area (Å²) in [6.07, 6.45) is 1.15. The van der Waals surface area contributed by atoms with Crippen LogP contribution in [0.25, 0.3) is 0 Å². The minimum Gasteiger partial charge on any atom is -0.483 e. The van der Waals surface area contributed by atoms with Crippen LogP contribution in [0.3, 0.4) is 0 Å². The van der Waals surface area contributed by atoms with Crippen molar-refractivity contribution in [2.75, 3.05) is 19.6 Å². The van der Waals surface area contributed by atoms with Crippen molar-refractivity contribution in [1.29, 1.82) is 0 Å². The highest BCUT2D eigenvalue weighted by Gasteiger charge is 2.40. The molecule has 0 spiro atoms. The molecule has 1 aromatic rings. The van der Waals surface area contributed by atoms with Crippen LogP contribution in [0.15, 0.2) is 28.1 Å². The molecule has 2 saturated heterocycles. The first-order valence-electron chi connectivity index (χ1n) is 12.0. The van der Waals surface area contributed by atoms with Crippen LogP contribution < -0.4 is 9.46 Å². The van der Waals surface area contributed by atoms with E-state index < -0.39 is 33.2 Å². The summed E-state index contributed by atoms with van der Waals surface area (Å²) in [5.74, 6) is -0.324. The van der Waals surface area contributed by atoms with Crippen molar-refractivity contribution >= 4 is 27.0 Å². The average molecular weight is 515 g/mol. The summed E-state index contributed by atoms with van der Waals surface area (Å²) in [6, 6.07) is 3.94. The van der Waals surface area contributed by atoms with E-state index >= 15 is 0 Å². The first-order valence-corrected chi connectivity index (χ1v) is 14.3. The fraction of sp³-hybridized carbons (Fsp3) is 0.696. The Hall–Kier alpha value is -1.40. The van der Waals surface area contributed by atoms with Gasteiger partial charge in [0, 0.05) is 32.1 Å². The van der Waals surface area contributed by atoms with Gasteiger partial charge in [0.25, 0.3) is 0 Å². The topological polar surface area (TPSA) is 94.5 Å². The zero-order valence-electron chi connectivity index (χ0n) is 20.1. The van der Waals surface area contributed by atoms with Gasteiger partial charge in [0.05, 0.1) is 10.1 Å². The fourth-order valence-corrected chi connectivity index (χ4v) is 6.68. The number of piperidine rings is 1. The van der Waals surface area contributed by atoms with Gasteiger partial charge < -0.3 is 14.7 Å². The molecule has 3 unspecified atom stereocenters. The van der Waals surface area contributed by atoms with Gasteiger partial charge in [-0.05, 0) is 62.8 Å². The van der Waals surface area contributed by atoms with Gasteiger partial charge in [0.2, 0.25) is 0 Å². The number of nitrogens with one attached hydrogen (secondary N) is 1. The predicted octanol–water partition coefficient (Wildman–Crippen LogP) is 2.83. The van der Waals surface area contributed by atoms with Gasteiger partial charge in [-0.3, -0.25) is 4.90 Å². The Morgan fingerprint density at radius 1 is 1.18 bits per heavy atom. The quantitative estimate of drug-likeness (QED) is 0.560. The number of aliphatic hydroxyl groups excluding tert-OH is 1. The molecule has 3 atom stereocenters. The lowest BCUT2D eigenvalue weighted by atomic mass is 10.0. The molecule has 3 aliphatic rings. The molecule has 3 aliphatic heterocycles. The third-order valence-corrected chi connectivity index (χ3v) is 9.89. The maximum atomic E-state index is 14.6. The van der Waals surface area contributed by atoms with Crippen LogP contribution in [0.1, 0.15) is 47.0 Å². The number of ether oxygens (including phenoxy) is 1. The molecule has 2 fully saturated rings. The van der Waals surface area contributed by atoms with Crippen molar-refractivity contribution in [3.8, 4) is 5.75 Å². The van der Waals surface area contributed by atoms with E-state index in [1.165, 1.54) is 12.1 Å². The van der Waals surface area contributed by atoms with Gasteiger partial charge in [-0.25, -0.2) is 22.5 Å². The van der Waals surface area contributed by atoms with Crippen molar-refractivity contribution < 1.29 is 22.7 Å². The van der Waals surface area contributed by atoms with Crippen LogP contribution in [0.4, 0.5) is 4.39 Å². The number of amidine groups is 1. The third kappa shape index (κ3) is 5.23. The maximum Gasteiger partial charge on any atom is 0.180 e. The Balaban J connectivity index is 1.33. The Labute approximate surface area is 206 Å². The number of aliphatic imine (C=N–C) groups is 1. The first-order chi connectivity index (χ1) is 16.1. The van der Waals surface area contributed by atoms with E-state index in [1.807, 2.05) is 0 Å². The normalized spacial score (nSPS) is 27.1. The highest BCUT2D eigenvalue weighted by atomic mass is 32.2. The molecule has 1 aromatic carbocycles. The van der Waals surface area contributed by atoms with E-state index in [1.54, 1.807) is 25.8 Å². The van der Waals surface area contributed by atoms with Crippen LogP contribution in [-0.4, -0.2) is 77.9 Å². The molecule has 190 valence electrons. The van der Waals surface area contributed by atoms with Crippen molar-refractivity contribution in [2.45, 2.75) is 81.6 Å². The van der Waals surface area contributed by atoms with Gasteiger partial charge in [-0.2, -0.15) is 0 Å². The number of hydrogen-bond donors (Lipinski definition) is 2. The summed E-state index contributed by atoms with van der Waals surface area (Å²) in [7, 11) is -3.57. The Morgan fingerprint density at radius 3 is 2.47 bits per heavy atom. The first kappa shape index (κ1) is 25.7. The molecule has 3 heterocycles. The second kappa shape index (κ2) is 10.3. The Bertz CT molecular complexity index is 1010. The Kier molecular flexibility index (Phi) is 7.78. The van der Waals surface area contributed by atoms with Crippen molar-refractivity contribution in [3.63, 3.8) is 0 Å². The summed E-state index contributed by atoms with van der Waals surface area (Å²) in [5.41, 5.74) is 0. The standard InChI is InChI=1S/C23H35FN4O4S2/c1-14(2)21-25-23(33-26-21)27-10-7-16(8-11-27)28-12-9-20(22(28)29)32-19-6-5-17(13-18(19)24)34(30,31)15(3)4/h5-6,13-16,20-22,26,29H,7-12H2,1-4H3. The number of likely N-dealkylation sites (tertiary alicyclic amines) is 2. The van der Waals surface area contributed by atoms with E-state index in [2.05, 4.69) is 28.4 Å². The van der Waals surface area contributed by atoms with Crippen LogP contribution >= 0.6 is 11.9 Å². The van der Waals surface area contributed by atoms with Crippen LogP contribution in [-0.2, 0) is 9.84 Å². The average Bonchev–Trinajstić information content (AvgIpc) is 3.43. The molecule has 2 N–H and O–H groups in total. The third-order valence-electron chi connectivity index (χ3n) is 6.83. The zero-order valence-corrected chi connectivity index (χ0v) is 21.8. The number of sulfone groups is 1. The largest absolute Gasteiger partial charge is 0.483 e. The van der Waals surface area contributed by atoms with E-state index in [0.29, 0.717) is 18.9 Å². The van der Waals surface area contributed by atoms with Gasteiger partial charge >= 0.3 is 0 Å². The van der Waals surface area contributed by atoms with E-state index in [9.17, 15) is 17.9 Å². The zero-order chi connectivity index (χ0) is 24.6. The molecule has 0 amide bonds.